The third-order valence-corrected chi connectivity index (χ3v) is 5.10. The van der Waals surface area contributed by atoms with Gasteiger partial charge in [-0.3, -0.25) is 0 Å². The van der Waals surface area contributed by atoms with Crippen molar-refractivity contribution in [2.75, 3.05) is 5.73 Å². The summed E-state index contributed by atoms with van der Waals surface area (Å²) in [6.45, 7) is 0. The highest BCUT2D eigenvalue weighted by atomic mass is 79.9. The van der Waals surface area contributed by atoms with Crippen LogP contribution in [0, 0.1) is 0 Å². The Kier molecular flexibility index (Phi) is 3.65. The average Bonchev–Trinajstić information content (AvgIpc) is 3.05. The summed E-state index contributed by atoms with van der Waals surface area (Å²) in [4.78, 5) is 8.11. The second-order valence-corrected chi connectivity index (χ2v) is 6.07. The van der Waals surface area contributed by atoms with E-state index in [4.69, 9.17) is 5.73 Å². The Labute approximate surface area is 122 Å². The molecule has 0 unspecified atom stereocenters. The van der Waals surface area contributed by atoms with E-state index in [1.54, 1.807) is 0 Å². The van der Waals surface area contributed by atoms with Crippen LogP contribution in [0.25, 0.3) is 0 Å². The summed E-state index contributed by atoms with van der Waals surface area (Å²) in [5.41, 5.74) is 5.74. The lowest BCUT2D eigenvalue weighted by Gasteiger charge is -2.10. The Balaban J connectivity index is 1.87. The number of hydrogen-bond donors (Lipinski definition) is 1. The van der Waals surface area contributed by atoms with Crippen LogP contribution in [0.1, 0.15) is 31.7 Å². The first-order valence-electron chi connectivity index (χ1n) is 5.97. The molecule has 0 atom stereocenters. The molecule has 0 amide bonds. The van der Waals surface area contributed by atoms with E-state index in [1.165, 1.54) is 30.9 Å². The standard InChI is InChI=1S/C10H12BrN7S/c11-7-8(12)13-5-14-9(7)19-10-15-16-17-18(10)6-3-1-2-4-6/h5-6H,1-4H2,(H2,12,13,14). The van der Waals surface area contributed by atoms with Gasteiger partial charge < -0.3 is 5.73 Å². The van der Waals surface area contributed by atoms with Gasteiger partial charge in [0, 0.05) is 0 Å². The monoisotopic (exact) mass is 341 g/mol. The zero-order valence-electron chi connectivity index (χ0n) is 10.0. The topological polar surface area (TPSA) is 95.4 Å². The van der Waals surface area contributed by atoms with Crippen molar-refractivity contribution < 1.29 is 0 Å². The highest BCUT2D eigenvalue weighted by Gasteiger charge is 2.22. The molecule has 9 heteroatoms. The maximum atomic E-state index is 5.74. The molecule has 1 fully saturated rings. The van der Waals surface area contributed by atoms with Crippen LogP contribution < -0.4 is 5.73 Å². The number of rotatable bonds is 3. The van der Waals surface area contributed by atoms with E-state index in [0.29, 0.717) is 16.3 Å². The van der Waals surface area contributed by atoms with Crippen LogP contribution in [0.5, 0.6) is 0 Å². The molecule has 0 aromatic carbocycles. The minimum Gasteiger partial charge on any atom is -0.383 e. The Hall–Kier alpha value is -1.22. The summed E-state index contributed by atoms with van der Waals surface area (Å²) in [6, 6.07) is 0.399. The molecule has 1 aliphatic rings. The molecule has 100 valence electrons. The first-order valence-corrected chi connectivity index (χ1v) is 7.58. The second-order valence-electron chi connectivity index (χ2n) is 4.32. The molecule has 2 aromatic heterocycles. The van der Waals surface area contributed by atoms with Gasteiger partial charge in [-0.1, -0.05) is 12.8 Å². The summed E-state index contributed by atoms with van der Waals surface area (Å²) in [5, 5.41) is 13.4. The van der Waals surface area contributed by atoms with Crippen molar-refractivity contribution in [1.82, 2.24) is 30.2 Å². The Morgan fingerprint density at radius 3 is 2.89 bits per heavy atom. The largest absolute Gasteiger partial charge is 0.383 e. The van der Waals surface area contributed by atoms with Gasteiger partial charge in [-0.05, 0) is 51.0 Å². The highest BCUT2D eigenvalue weighted by molar-refractivity contribution is 9.10. The Morgan fingerprint density at radius 1 is 1.32 bits per heavy atom. The van der Waals surface area contributed by atoms with Crippen molar-refractivity contribution in [3.8, 4) is 0 Å². The van der Waals surface area contributed by atoms with Gasteiger partial charge in [0.2, 0.25) is 5.16 Å². The molecule has 0 bridgehead atoms. The van der Waals surface area contributed by atoms with Crippen LogP contribution >= 0.6 is 27.7 Å². The van der Waals surface area contributed by atoms with E-state index in [1.807, 2.05) is 4.68 Å². The number of halogens is 1. The molecular weight excluding hydrogens is 330 g/mol. The highest BCUT2D eigenvalue weighted by Crippen LogP contribution is 2.36. The van der Waals surface area contributed by atoms with Crippen LogP contribution in [0.2, 0.25) is 0 Å². The summed E-state index contributed by atoms with van der Waals surface area (Å²) in [5.74, 6) is 0.414. The summed E-state index contributed by atoms with van der Waals surface area (Å²) in [7, 11) is 0. The molecule has 2 N–H and O–H groups in total. The minimum atomic E-state index is 0.399. The Morgan fingerprint density at radius 2 is 2.11 bits per heavy atom. The van der Waals surface area contributed by atoms with E-state index in [0.717, 1.165) is 23.0 Å². The third kappa shape index (κ3) is 2.57. The molecule has 19 heavy (non-hydrogen) atoms. The molecule has 0 radical (unpaired) electrons. The number of anilines is 1. The predicted molar refractivity (Wildman–Crippen MR) is 73.6 cm³/mol. The number of nitrogens with zero attached hydrogens (tertiary/aromatic N) is 6. The maximum Gasteiger partial charge on any atom is 0.215 e. The van der Waals surface area contributed by atoms with E-state index in [9.17, 15) is 0 Å². The van der Waals surface area contributed by atoms with Crippen molar-refractivity contribution in [2.24, 2.45) is 0 Å². The van der Waals surface area contributed by atoms with E-state index >= 15 is 0 Å². The molecule has 7 nitrogen and oxygen atoms in total. The zero-order valence-corrected chi connectivity index (χ0v) is 12.4. The molecule has 1 aliphatic carbocycles. The predicted octanol–water partition coefficient (Wildman–Crippen LogP) is 2.07. The SMILES string of the molecule is Nc1ncnc(Sc2nnnn2C2CCCC2)c1Br. The quantitative estimate of drug-likeness (QED) is 0.853. The number of aromatic nitrogens is 6. The molecule has 1 saturated carbocycles. The summed E-state index contributed by atoms with van der Waals surface area (Å²) in [6.07, 6.45) is 6.17. The van der Waals surface area contributed by atoms with Gasteiger partial charge in [-0.2, -0.15) is 0 Å². The number of tetrazole rings is 1. The van der Waals surface area contributed by atoms with Crippen LogP contribution in [0.15, 0.2) is 21.0 Å². The lowest BCUT2D eigenvalue weighted by molar-refractivity contribution is 0.423. The second kappa shape index (κ2) is 5.41. The van der Waals surface area contributed by atoms with Gasteiger partial charge in [0.1, 0.15) is 17.2 Å². The number of hydrogen-bond acceptors (Lipinski definition) is 7. The fourth-order valence-electron chi connectivity index (χ4n) is 2.15. The normalized spacial score (nSPS) is 16.1. The zero-order chi connectivity index (χ0) is 13.2. The fourth-order valence-corrected chi connectivity index (χ4v) is 3.43. The fraction of sp³-hybridized carbons (Fsp3) is 0.500. The van der Waals surface area contributed by atoms with Crippen molar-refractivity contribution >= 4 is 33.5 Å². The van der Waals surface area contributed by atoms with Gasteiger partial charge in [-0.25, -0.2) is 14.6 Å². The van der Waals surface area contributed by atoms with Crippen LogP contribution in [0.3, 0.4) is 0 Å². The Bertz CT molecular complexity index is 581. The average molecular weight is 342 g/mol. The first-order chi connectivity index (χ1) is 9.25. The van der Waals surface area contributed by atoms with Gasteiger partial charge >= 0.3 is 0 Å². The lowest BCUT2D eigenvalue weighted by Crippen LogP contribution is -2.08. The molecular formula is C10H12BrN7S. The van der Waals surface area contributed by atoms with Gasteiger partial charge in [0.05, 0.1) is 10.5 Å². The van der Waals surface area contributed by atoms with E-state index in [2.05, 4.69) is 41.4 Å². The van der Waals surface area contributed by atoms with E-state index in [-0.39, 0.29) is 0 Å². The van der Waals surface area contributed by atoms with Crippen molar-refractivity contribution in [3.05, 3.63) is 10.8 Å². The number of nitrogens with two attached hydrogens (primary N) is 1. The minimum absolute atomic E-state index is 0.399. The summed E-state index contributed by atoms with van der Waals surface area (Å²) >= 11 is 4.78. The third-order valence-electron chi connectivity index (χ3n) is 3.11. The van der Waals surface area contributed by atoms with Crippen LogP contribution in [-0.4, -0.2) is 30.2 Å². The molecule has 3 rings (SSSR count). The summed E-state index contributed by atoms with van der Waals surface area (Å²) < 4.78 is 2.57. The van der Waals surface area contributed by atoms with Gasteiger partial charge in [0.25, 0.3) is 0 Å². The smallest absolute Gasteiger partial charge is 0.215 e. The first kappa shape index (κ1) is 12.8. The van der Waals surface area contributed by atoms with Crippen LogP contribution in [0.4, 0.5) is 5.82 Å². The van der Waals surface area contributed by atoms with Crippen LogP contribution in [-0.2, 0) is 0 Å². The molecule has 2 heterocycles. The van der Waals surface area contributed by atoms with Crippen molar-refractivity contribution in [2.45, 2.75) is 41.9 Å². The maximum absolute atomic E-state index is 5.74. The molecule has 0 aliphatic heterocycles. The van der Waals surface area contributed by atoms with Gasteiger partial charge in [-0.15, -0.1) is 5.10 Å². The number of nitrogen functional groups attached to an aromatic ring is 1. The van der Waals surface area contributed by atoms with E-state index < -0.39 is 0 Å². The lowest BCUT2D eigenvalue weighted by atomic mass is 10.3. The molecule has 0 saturated heterocycles. The van der Waals surface area contributed by atoms with Gasteiger partial charge in [0.15, 0.2) is 0 Å². The molecule has 0 spiro atoms. The van der Waals surface area contributed by atoms with Crippen molar-refractivity contribution in [3.63, 3.8) is 0 Å². The van der Waals surface area contributed by atoms with Crippen molar-refractivity contribution in [1.29, 1.82) is 0 Å². The molecule has 2 aromatic rings.